The van der Waals surface area contributed by atoms with Crippen molar-refractivity contribution in [2.75, 3.05) is 0 Å². The second-order valence-electron chi connectivity index (χ2n) is 8.40. The maximum atomic E-state index is 5.97. The van der Waals surface area contributed by atoms with E-state index in [4.69, 9.17) is 23.3 Å². The third-order valence-electron chi connectivity index (χ3n) is 5.41. The van der Waals surface area contributed by atoms with Crippen molar-refractivity contribution < 1.29 is 23.3 Å². The van der Waals surface area contributed by atoms with E-state index in [1.54, 1.807) is 0 Å². The molecule has 0 radical (unpaired) electrons. The Labute approximate surface area is 141 Å². The van der Waals surface area contributed by atoms with Crippen molar-refractivity contribution >= 4 is 14.4 Å². The van der Waals surface area contributed by atoms with Gasteiger partial charge in [0.25, 0.3) is 0 Å². The van der Waals surface area contributed by atoms with Crippen molar-refractivity contribution in [2.24, 2.45) is 0 Å². The zero-order valence-corrected chi connectivity index (χ0v) is 16.0. The zero-order chi connectivity index (χ0) is 17.7. The van der Waals surface area contributed by atoms with Crippen molar-refractivity contribution in [3.05, 3.63) is 11.8 Å². The molecular formula is C16H30B2O5. The summed E-state index contributed by atoms with van der Waals surface area (Å²) in [7, 11) is -0.952. The van der Waals surface area contributed by atoms with Gasteiger partial charge in [-0.15, -0.1) is 0 Å². The van der Waals surface area contributed by atoms with E-state index < -0.39 is 18.5 Å². The summed E-state index contributed by atoms with van der Waals surface area (Å²) in [4.78, 5) is 0. The first-order chi connectivity index (χ1) is 10.3. The minimum Gasteiger partial charge on any atom is -0.516 e. The lowest BCUT2D eigenvalue weighted by Crippen LogP contribution is -2.41. The van der Waals surface area contributed by atoms with Crippen LogP contribution in [0.25, 0.3) is 0 Å². The quantitative estimate of drug-likeness (QED) is 0.584. The molecule has 0 N–H and O–H groups in total. The fourth-order valence-corrected chi connectivity index (χ4v) is 2.36. The highest BCUT2D eigenvalue weighted by Gasteiger charge is 2.54. The average molecular weight is 324 g/mol. The lowest BCUT2D eigenvalue weighted by molar-refractivity contribution is 0.00578. The van der Waals surface area contributed by atoms with Gasteiger partial charge in [-0.3, -0.25) is 0 Å². The third-order valence-corrected chi connectivity index (χ3v) is 5.41. The first-order valence-electron chi connectivity index (χ1n) is 8.30. The van der Waals surface area contributed by atoms with E-state index in [2.05, 4.69) is 0 Å². The molecule has 5 nitrogen and oxygen atoms in total. The molecule has 0 unspecified atom stereocenters. The molecule has 0 spiro atoms. The van der Waals surface area contributed by atoms with Crippen molar-refractivity contribution in [3.8, 4) is 0 Å². The first kappa shape index (κ1) is 18.8. The van der Waals surface area contributed by atoms with Gasteiger partial charge in [0.2, 0.25) is 0 Å². The normalized spacial score (nSPS) is 28.3. The molecule has 2 saturated heterocycles. The van der Waals surface area contributed by atoms with Crippen LogP contribution < -0.4 is 0 Å². The highest BCUT2D eigenvalue weighted by Crippen LogP contribution is 2.39. The van der Waals surface area contributed by atoms with Crippen LogP contribution in [0.15, 0.2) is 11.8 Å². The van der Waals surface area contributed by atoms with Gasteiger partial charge in [0.05, 0.1) is 28.2 Å². The molecular weight excluding hydrogens is 294 g/mol. The fourth-order valence-electron chi connectivity index (χ4n) is 2.36. The van der Waals surface area contributed by atoms with Crippen LogP contribution in [0.2, 0.25) is 6.32 Å². The predicted molar refractivity (Wildman–Crippen MR) is 91.8 cm³/mol. The van der Waals surface area contributed by atoms with Gasteiger partial charge in [-0.2, -0.15) is 0 Å². The minimum atomic E-state index is -0.686. The molecule has 2 rings (SSSR count). The highest BCUT2D eigenvalue weighted by molar-refractivity contribution is 6.46. The van der Waals surface area contributed by atoms with Crippen LogP contribution >= 0.6 is 0 Å². The molecule has 0 atom stereocenters. The molecule has 2 aliphatic rings. The van der Waals surface area contributed by atoms with Crippen LogP contribution in [-0.2, 0) is 23.3 Å². The monoisotopic (exact) mass is 324 g/mol. The van der Waals surface area contributed by atoms with Gasteiger partial charge in [-0.1, -0.05) is 6.08 Å². The van der Waals surface area contributed by atoms with Crippen LogP contribution in [0.4, 0.5) is 0 Å². The van der Waals surface area contributed by atoms with Crippen LogP contribution in [-0.4, -0.2) is 36.8 Å². The summed E-state index contributed by atoms with van der Waals surface area (Å²) in [5.74, 6) is 0.734. The number of allylic oxidation sites excluding steroid dienone is 2. The van der Waals surface area contributed by atoms with Gasteiger partial charge in [0, 0.05) is 6.32 Å². The van der Waals surface area contributed by atoms with Crippen molar-refractivity contribution in [1.82, 2.24) is 0 Å². The van der Waals surface area contributed by atoms with Gasteiger partial charge in [0.15, 0.2) is 0 Å². The maximum absolute atomic E-state index is 5.97. The van der Waals surface area contributed by atoms with Gasteiger partial charge >= 0.3 is 14.4 Å². The van der Waals surface area contributed by atoms with E-state index in [1.165, 1.54) is 0 Å². The van der Waals surface area contributed by atoms with E-state index in [-0.39, 0.29) is 18.3 Å². The Hall–Kier alpha value is -0.490. The van der Waals surface area contributed by atoms with Crippen LogP contribution in [0.5, 0.6) is 0 Å². The van der Waals surface area contributed by atoms with E-state index in [1.807, 2.05) is 68.4 Å². The SMILES string of the molecule is C/C(=C\CB1OC(C)(C)C(C)(C)O1)OB1OC(C)(C)C(C)(C)O1. The molecule has 0 aromatic heterocycles. The fraction of sp³-hybridized carbons (Fsp3) is 0.875. The summed E-state index contributed by atoms with van der Waals surface area (Å²) in [5, 5.41) is 0. The standard InChI is InChI=1S/C16H30B2O5/c1-12(19-18-22-15(6,7)16(8,9)23-18)10-11-17-20-13(2,3)14(4,5)21-17/h10H,11H2,1-9H3/b12-10+. The zero-order valence-electron chi connectivity index (χ0n) is 16.0. The molecule has 0 aromatic rings. The molecule has 0 bridgehead atoms. The Balaban J connectivity index is 1.88. The lowest BCUT2D eigenvalue weighted by atomic mass is 9.85. The molecule has 0 aliphatic carbocycles. The molecule has 0 aromatic carbocycles. The van der Waals surface area contributed by atoms with Gasteiger partial charge in [-0.05, 0) is 62.3 Å². The highest BCUT2D eigenvalue weighted by atomic mass is 16.8. The minimum absolute atomic E-state index is 0.267. The van der Waals surface area contributed by atoms with Crippen molar-refractivity contribution in [3.63, 3.8) is 0 Å². The van der Waals surface area contributed by atoms with E-state index in [9.17, 15) is 0 Å². The van der Waals surface area contributed by atoms with E-state index >= 15 is 0 Å². The Morgan fingerprint density at radius 2 is 1.17 bits per heavy atom. The molecule has 2 heterocycles. The average Bonchev–Trinajstić information content (AvgIpc) is 2.65. The van der Waals surface area contributed by atoms with Crippen LogP contribution in [0.3, 0.4) is 0 Å². The second-order valence-corrected chi connectivity index (χ2v) is 8.40. The van der Waals surface area contributed by atoms with Crippen LogP contribution in [0, 0.1) is 0 Å². The first-order valence-corrected chi connectivity index (χ1v) is 8.30. The van der Waals surface area contributed by atoms with Gasteiger partial charge in [-0.25, -0.2) is 0 Å². The molecule has 0 saturated carbocycles. The Morgan fingerprint density at radius 3 is 1.61 bits per heavy atom. The van der Waals surface area contributed by atoms with Crippen molar-refractivity contribution in [2.45, 2.75) is 91.0 Å². The molecule has 2 fully saturated rings. The molecule has 7 heteroatoms. The van der Waals surface area contributed by atoms with Gasteiger partial charge in [0.1, 0.15) is 0 Å². The van der Waals surface area contributed by atoms with E-state index in [0.29, 0.717) is 6.32 Å². The van der Waals surface area contributed by atoms with Crippen molar-refractivity contribution in [1.29, 1.82) is 0 Å². The largest absolute Gasteiger partial charge is 0.713 e. The lowest BCUT2D eigenvalue weighted by Gasteiger charge is -2.32. The topological polar surface area (TPSA) is 46.2 Å². The third kappa shape index (κ3) is 3.78. The smallest absolute Gasteiger partial charge is 0.516 e. The van der Waals surface area contributed by atoms with Gasteiger partial charge < -0.3 is 23.3 Å². The predicted octanol–water partition coefficient (Wildman–Crippen LogP) is 3.59. The Morgan fingerprint density at radius 1 is 0.783 bits per heavy atom. The summed E-state index contributed by atoms with van der Waals surface area (Å²) in [6.45, 7) is 18.1. The maximum Gasteiger partial charge on any atom is 0.713 e. The Kier molecular flexibility index (Phi) is 4.75. The van der Waals surface area contributed by atoms with Crippen LogP contribution in [0.1, 0.15) is 62.3 Å². The molecule has 23 heavy (non-hydrogen) atoms. The summed E-state index contributed by atoms with van der Waals surface area (Å²) >= 11 is 0. The second kappa shape index (κ2) is 5.80. The molecule has 130 valence electrons. The number of hydrogen-bond acceptors (Lipinski definition) is 5. The molecule has 2 aliphatic heterocycles. The Bertz CT molecular complexity index is 453. The number of hydrogen-bond donors (Lipinski definition) is 0. The molecule has 0 amide bonds. The summed E-state index contributed by atoms with van der Waals surface area (Å²) < 4.78 is 29.3. The summed E-state index contributed by atoms with van der Waals surface area (Å²) in [5.41, 5.74) is -1.43. The summed E-state index contributed by atoms with van der Waals surface area (Å²) in [6, 6.07) is 0. The van der Waals surface area contributed by atoms with E-state index in [0.717, 1.165) is 5.76 Å². The summed E-state index contributed by atoms with van der Waals surface area (Å²) in [6.07, 6.45) is 2.57. The number of rotatable bonds is 4.